The standard InChI is InChI=1S/C17H28O/c1-12(2)14(18)8-17-7-13-5-15(3,10-17)9-16(4,6-13)11-17/h12-13H,5-11H2,1-4H3. The Morgan fingerprint density at radius 1 is 1.06 bits per heavy atom. The topological polar surface area (TPSA) is 17.1 Å². The Morgan fingerprint density at radius 3 is 2.06 bits per heavy atom. The van der Waals surface area contributed by atoms with Crippen molar-refractivity contribution in [3.05, 3.63) is 0 Å². The molecule has 0 saturated heterocycles. The summed E-state index contributed by atoms with van der Waals surface area (Å²) in [5.41, 5.74) is 1.47. The van der Waals surface area contributed by atoms with Crippen LogP contribution < -0.4 is 0 Å². The number of rotatable bonds is 3. The Morgan fingerprint density at radius 2 is 1.61 bits per heavy atom. The Hall–Kier alpha value is -0.330. The van der Waals surface area contributed by atoms with Crippen molar-refractivity contribution in [2.45, 2.75) is 72.6 Å². The van der Waals surface area contributed by atoms with Gasteiger partial charge in [0.15, 0.2) is 0 Å². The number of Topliss-reactive ketones (excluding diaryl/α,β-unsaturated/α-hetero) is 1. The van der Waals surface area contributed by atoms with E-state index in [0.717, 1.165) is 12.3 Å². The number of carbonyl (C=O) groups excluding carboxylic acids is 1. The third-order valence-corrected chi connectivity index (χ3v) is 5.93. The molecule has 4 aliphatic carbocycles. The minimum Gasteiger partial charge on any atom is -0.299 e. The van der Waals surface area contributed by atoms with Gasteiger partial charge in [-0.3, -0.25) is 4.79 Å². The van der Waals surface area contributed by atoms with E-state index in [2.05, 4.69) is 27.7 Å². The molecule has 1 nitrogen and oxygen atoms in total. The number of hydrogen-bond donors (Lipinski definition) is 0. The maximum absolute atomic E-state index is 12.2. The van der Waals surface area contributed by atoms with Crippen LogP contribution in [0.3, 0.4) is 0 Å². The third-order valence-electron chi connectivity index (χ3n) is 5.93. The fourth-order valence-electron chi connectivity index (χ4n) is 6.46. The summed E-state index contributed by atoms with van der Waals surface area (Å²) < 4.78 is 0. The van der Waals surface area contributed by atoms with Gasteiger partial charge >= 0.3 is 0 Å². The maximum Gasteiger partial charge on any atom is 0.135 e. The summed E-state index contributed by atoms with van der Waals surface area (Å²) in [4.78, 5) is 12.2. The van der Waals surface area contributed by atoms with Crippen molar-refractivity contribution < 1.29 is 4.79 Å². The highest BCUT2D eigenvalue weighted by molar-refractivity contribution is 5.81. The molecule has 4 saturated carbocycles. The first kappa shape index (κ1) is 12.7. The lowest BCUT2D eigenvalue weighted by molar-refractivity contribution is -0.156. The molecule has 0 heterocycles. The summed E-state index contributed by atoms with van der Waals surface area (Å²) in [6, 6.07) is 0. The summed E-state index contributed by atoms with van der Waals surface area (Å²) >= 11 is 0. The van der Waals surface area contributed by atoms with Gasteiger partial charge in [0.2, 0.25) is 0 Å². The molecule has 18 heavy (non-hydrogen) atoms. The van der Waals surface area contributed by atoms with Crippen LogP contribution in [0.5, 0.6) is 0 Å². The van der Waals surface area contributed by atoms with E-state index in [1.54, 1.807) is 0 Å². The van der Waals surface area contributed by atoms with Crippen LogP contribution in [-0.4, -0.2) is 5.78 Å². The molecule has 0 spiro atoms. The van der Waals surface area contributed by atoms with Crippen LogP contribution in [0.25, 0.3) is 0 Å². The average molecular weight is 248 g/mol. The quantitative estimate of drug-likeness (QED) is 0.713. The van der Waals surface area contributed by atoms with Crippen LogP contribution in [0.2, 0.25) is 0 Å². The van der Waals surface area contributed by atoms with E-state index in [0.29, 0.717) is 22.0 Å². The van der Waals surface area contributed by atoms with Crippen LogP contribution in [0.4, 0.5) is 0 Å². The van der Waals surface area contributed by atoms with Gasteiger partial charge in [-0.1, -0.05) is 27.7 Å². The second-order valence-corrected chi connectivity index (χ2v) is 8.93. The first-order chi connectivity index (χ1) is 8.23. The van der Waals surface area contributed by atoms with Gasteiger partial charge in [-0.15, -0.1) is 0 Å². The predicted octanol–water partition coefficient (Wildman–Crippen LogP) is 4.60. The van der Waals surface area contributed by atoms with E-state index in [1.807, 2.05) is 0 Å². The lowest BCUT2D eigenvalue weighted by Gasteiger charge is -2.65. The zero-order chi connectivity index (χ0) is 13.2. The average Bonchev–Trinajstić information content (AvgIpc) is 2.09. The van der Waals surface area contributed by atoms with Crippen LogP contribution >= 0.6 is 0 Å². The summed E-state index contributed by atoms with van der Waals surface area (Å²) in [6.07, 6.45) is 9.13. The fourth-order valence-corrected chi connectivity index (χ4v) is 6.46. The number of carbonyl (C=O) groups is 1. The van der Waals surface area contributed by atoms with Crippen molar-refractivity contribution in [3.63, 3.8) is 0 Å². The van der Waals surface area contributed by atoms with Crippen molar-refractivity contribution in [2.75, 3.05) is 0 Å². The van der Waals surface area contributed by atoms with Gasteiger partial charge in [0.1, 0.15) is 5.78 Å². The zero-order valence-corrected chi connectivity index (χ0v) is 12.5. The smallest absolute Gasteiger partial charge is 0.135 e. The Bertz CT molecular complexity index is 363. The maximum atomic E-state index is 12.2. The highest BCUT2D eigenvalue weighted by Gasteiger charge is 2.60. The normalized spacial score (nSPS) is 49.9. The van der Waals surface area contributed by atoms with Gasteiger partial charge in [-0.2, -0.15) is 0 Å². The summed E-state index contributed by atoms with van der Waals surface area (Å²) in [5.74, 6) is 1.64. The minimum atomic E-state index is 0.221. The molecule has 0 aromatic heterocycles. The molecule has 4 fully saturated rings. The molecule has 2 unspecified atom stereocenters. The molecule has 0 N–H and O–H groups in total. The lowest BCUT2D eigenvalue weighted by Crippen LogP contribution is -2.55. The highest BCUT2D eigenvalue weighted by atomic mass is 16.1. The first-order valence-corrected chi connectivity index (χ1v) is 7.76. The Labute approximate surface area is 112 Å². The van der Waals surface area contributed by atoms with Crippen molar-refractivity contribution in [1.82, 2.24) is 0 Å². The van der Waals surface area contributed by atoms with E-state index >= 15 is 0 Å². The largest absolute Gasteiger partial charge is 0.299 e. The van der Waals surface area contributed by atoms with Gasteiger partial charge in [-0.05, 0) is 60.7 Å². The molecule has 0 aromatic rings. The molecule has 0 radical (unpaired) electrons. The Balaban J connectivity index is 1.87. The lowest BCUT2D eigenvalue weighted by atomic mass is 9.39. The van der Waals surface area contributed by atoms with Gasteiger partial charge in [0.25, 0.3) is 0 Å². The first-order valence-electron chi connectivity index (χ1n) is 7.76. The molecule has 0 amide bonds. The molecule has 4 aliphatic rings. The van der Waals surface area contributed by atoms with Gasteiger partial charge in [-0.25, -0.2) is 0 Å². The van der Waals surface area contributed by atoms with E-state index in [-0.39, 0.29) is 5.92 Å². The van der Waals surface area contributed by atoms with Crippen LogP contribution in [0.15, 0.2) is 0 Å². The van der Waals surface area contributed by atoms with Crippen molar-refractivity contribution in [2.24, 2.45) is 28.1 Å². The van der Waals surface area contributed by atoms with Gasteiger partial charge in [0, 0.05) is 12.3 Å². The summed E-state index contributed by atoms with van der Waals surface area (Å²) in [6.45, 7) is 9.10. The third kappa shape index (κ3) is 1.94. The summed E-state index contributed by atoms with van der Waals surface area (Å²) in [5, 5.41) is 0. The molecule has 4 bridgehead atoms. The van der Waals surface area contributed by atoms with Crippen molar-refractivity contribution >= 4 is 5.78 Å². The van der Waals surface area contributed by atoms with E-state index < -0.39 is 0 Å². The second kappa shape index (κ2) is 3.61. The van der Waals surface area contributed by atoms with Gasteiger partial charge in [0.05, 0.1) is 0 Å². The molecule has 0 aromatic carbocycles. The number of hydrogen-bond acceptors (Lipinski definition) is 1. The SMILES string of the molecule is CC(C)C(=O)CC12CC3CC(C)(CC(C)(C3)C1)C2. The highest BCUT2D eigenvalue weighted by Crippen LogP contribution is 2.70. The van der Waals surface area contributed by atoms with E-state index in [1.165, 1.54) is 38.5 Å². The van der Waals surface area contributed by atoms with Crippen molar-refractivity contribution in [1.29, 1.82) is 0 Å². The molecule has 0 aliphatic heterocycles. The molecule has 102 valence electrons. The molecule has 2 atom stereocenters. The second-order valence-electron chi connectivity index (χ2n) is 8.93. The molecular weight excluding hydrogens is 220 g/mol. The van der Waals surface area contributed by atoms with E-state index in [9.17, 15) is 4.79 Å². The molecule has 1 heteroatoms. The minimum absolute atomic E-state index is 0.221. The van der Waals surface area contributed by atoms with Gasteiger partial charge < -0.3 is 0 Å². The van der Waals surface area contributed by atoms with Crippen LogP contribution in [0.1, 0.15) is 72.6 Å². The van der Waals surface area contributed by atoms with E-state index in [4.69, 9.17) is 0 Å². The predicted molar refractivity (Wildman–Crippen MR) is 74.3 cm³/mol. The van der Waals surface area contributed by atoms with Crippen LogP contribution in [0, 0.1) is 28.1 Å². The molecule has 4 rings (SSSR count). The molecular formula is C17H28O. The summed E-state index contributed by atoms with van der Waals surface area (Å²) in [7, 11) is 0. The Kier molecular flexibility index (Phi) is 2.55. The van der Waals surface area contributed by atoms with Crippen LogP contribution in [-0.2, 0) is 4.79 Å². The van der Waals surface area contributed by atoms with Crippen molar-refractivity contribution in [3.8, 4) is 0 Å². The fraction of sp³-hybridized carbons (Fsp3) is 0.941. The monoisotopic (exact) mass is 248 g/mol. The zero-order valence-electron chi connectivity index (χ0n) is 12.5. The number of ketones is 1.